The predicted octanol–water partition coefficient (Wildman–Crippen LogP) is 2.07. The highest BCUT2D eigenvalue weighted by molar-refractivity contribution is 6.04. The largest absolute Gasteiger partial charge is 0.507 e. The van der Waals surface area contributed by atoms with Crippen molar-refractivity contribution in [1.82, 2.24) is 19.9 Å². The molecular weight excluding hydrogens is 388 g/mol. The Labute approximate surface area is 153 Å². The number of pyridine rings is 1. The average Bonchev–Trinajstić information content (AvgIpc) is 3.06. The summed E-state index contributed by atoms with van der Waals surface area (Å²) in [5.74, 6) is -4.18. The van der Waals surface area contributed by atoms with Crippen LogP contribution in [0.4, 0.5) is 17.6 Å². The summed E-state index contributed by atoms with van der Waals surface area (Å²) in [4.78, 5) is 26.5. The molecule has 1 amide bonds. The van der Waals surface area contributed by atoms with Gasteiger partial charge in [-0.2, -0.15) is 18.3 Å². The number of aromatic hydroxyl groups is 1. The zero-order chi connectivity index (χ0) is 20.6. The molecule has 1 aromatic carbocycles. The number of carboxylic acids is 1. The van der Waals surface area contributed by atoms with Crippen molar-refractivity contribution in [3.8, 4) is 17.0 Å². The summed E-state index contributed by atoms with van der Waals surface area (Å²) in [7, 11) is 0. The lowest BCUT2D eigenvalue weighted by Gasteiger charge is -2.13. The Morgan fingerprint density at radius 3 is 2.54 bits per heavy atom. The standard InChI is InChI=1S/C16H10F4N4O4/c17-9-2-7(1-8(3-9)16(18,19)20)10-4-11(25)13(14-22-6-23-24(10)14)15(28)21-5-12(26)27/h1-4,6,25H,5H2,(H,21,28)(H,26,27). The number of alkyl halides is 3. The summed E-state index contributed by atoms with van der Waals surface area (Å²) >= 11 is 0. The first-order valence-electron chi connectivity index (χ1n) is 7.52. The van der Waals surface area contributed by atoms with Gasteiger partial charge in [-0.1, -0.05) is 0 Å². The molecule has 146 valence electrons. The molecule has 0 aliphatic rings. The molecule has 0 saturated carbocycles. The minimum atomic E-state index is -4.81. The number of carboxylic acid groups (broad SMARTS) is 1. The molecule has 0 fully saturated rings. The fraction of sp³-hybridized carbons (Fsp3) is 0.125. The number of benzene rings is 1. The maximum atomic E-state index is 13.7. The van der Waals surface area contributed by atoms with E-state index in [1.807, 2.05) is 5.32 Å². The molecular formula is C16H10F4N4O4. The Morgan fingerprint density at radius 2 is 1.89 bits per heavy atom. The van der Waals surface area contributed by atoms with Crippen molar-refractivity contribution < 1.29 is 37.4 Å². The van der Waals surface area contributed by atoms with E-state index in [1.165, 1.54) is 0 Å². The molecule has 3 N–H and O–H groups in total. The molecule has 0 atom stereocenters. The van der Waals surface area contributed by atoms with Crippen LogP contribution in [-0.2, 0) is 11.0 Å². The van der Waals surface area contributed by atoms with E-state index in [0.29, 0.717) is 12.1 Å². The van der Waals surface area contributed by atoms with E-state index in [4.69, 9.17) is 5.11 Å². The summed E-state index contributed by atoms with van der Waals surface area (Å²) in [6, 6.07) is 2.68. The summed E-state index contributed by atoms with van der Waals surface area (Å²) in [6.07, 6.45) is -3.84. The molecule has 0 spiro atoms. The monoisotopic (exact) mass is 398 g/mol. The van der Waals surface area contributed by atoms with Crippen molar-refractivity contribution in [3.63, 3.8) is 0 Å². The minimum absolute atomic E-state index is 0.162. The molecule has 3 rings (SSSR count). The van der Waals surface area contributed by atoms with Crippen LogP contribution in [0.1, 0.15) is 15.9 Å². The number of nitrogens with one attached hydrogen (secondary N) is 1. The lowest BCUT2D eigenvalue weighted by molar-refractivity contribution is -0.138. The van der Waals surface area contributed by atoms with Gasteiger partial charge in [0.15, 0.2) is 5.65 Å². The smallest absolute Gasteiger partial charge is 0.416 e. The molecule has 0 radical (unpaired) electrons. The zero-order valence-electron chi connectivity index (χ0n) is 13.7. The van der Waals surface area contributed by atoms with Gasteiger partial charge in [0, 0.05) is 11.6 Å². The molecule has 12 heteroatoms. The van der Waals surface area contributed by atoms with Crippen LogP contribution in [-0.4, -0.2) is 43.2 Å². The fourth-order valence-electron chi connectivity index (χ4n) is 2.53. The van der Waals surface area contributed by atoms with Crippen LogP contribution in [0, 0.1) is 5.82 Å². The van der Waals surface area contributed by atoms with Crippen LogP contribution in [0.2, 0.25) is 0 Å². The lowest BCUT2D eigenvalue weighted by Crippen LogP contribution is -2.29. The predicted molar refractivity (Wildman–Crippen MR) is 85.0 cm³/mol. The van der Waals surface area contributed by atoms with Crippen LogP contribution < -0.4 is 5.32 Å². The Morgan fingerprint density at radius 1 is 1.18 bits per heavy atom. The Kier molecular flexibility index (Phi) is 4.63. The van der Waals surface area contributed by atoms with Crippen molar-refractivity contribution in [2.45, 2.75) is 6.18 Å². The van der Waals surface area contributed by atoms with E-state index < -0.39 is 47.3 Å². The molecule has 0 aliphatic heterocycles. The van der Waals surface area contributed by atoms with Gasteiger partial charge in [0.25, 0.3) is 5.91 Å². The molecule has 28 heavy (non-hydrogen) atoms. The number of aromatic nitrogens is 3. The second-order valence-electron chi connectivity index (χ2n) is 5.59. The van der Waals surface area contributed by atoms with Crippen molar-refractivity contribution in [2.24, 2.45) is 0 Å². The van der Waals surface area contributed by atoms with E-state index in [2.05, 4.69) is 10.1 Å². The number of carbonyl (C=O) groups is 2. The SMILES string of the molecule is O=C(O)CNC(=O)c1c(O)cc(-c2cc(F)cc(C(F)(F)F)c2)n2ncnc12. The van der Waals surface area contributed by atoms with Crippen LogP contribution in [0.15, 0.2) is 30.6 Å². The van der Waals surface area contributed by atoms with Gasteiger partial charge in [0.2, 0.25) is 0 Å². The molecule has 2 aromatic heterocycles. The summed E-state index contributed by atoms with van der Waals surface area (Å²) in [5.41, 5.74) is -2.37. The Balaban J connectivity index is 2.17. The van der Waals surface area contributed by atoms with Crippen LogP contribution in [0.5, 0.6) is 5.75 Å². The van der Waals surface area contributed by atoms with Gasteiger partial charge in [-0.3, -0.25) is 9.59 Å². The number of nitrogens with zero attached hydrogens (tertiary/aromatic N) is 3. The number of aliphatic carboxylic acids is 1. The summed E-state index contributed by atoms with van der Waals surface area (Å²) in [6.45, 7) is -0.737. The van der Waals surface area contributed by atoms with Gasteiger partial charge in [-0.25, -0.2) is 13.9 Å². The van der Waals surface area contributed by atoms with E-state index >= 15 is 0 Å². The maximum absolute atomic E-state index is 13.7. The van der Waals surface area contributed by atoms with E-state index in [1.54, 1.807) is 0 Å². The second-order valence-corrected chi connectivity index (χ2v) is 5.59. The Hall–Kier alpha value is -3.70. The average molecular weight is 398 g/mol. The number of rotatable bonds is 4. The van der Waals surface area contributed by atoms with Gasteiger partial charge in [-0.05, 0) is 18.2 Å². The van der Waals surface area contributed by atoms with Gasteiger partial charge < -0.3 is 15.5 Å². The summed E-state index contributed by atoms with van der Waals surface area (Å²) in [5, 5.41) is 24.6. The number of amides is 1. The third-order valence-electron chi connectivity index (χ3n) is 3.68. The Bertz CT molecular complexity index is 1090. The molecule has 0 aliphatic carbocycles. The van der Waals surface area contributed by atoms with E-state index in [9.17, 15) is 32.3 Å². The number of hydrogen-bond donors (Lipinski definition) is 3. The molecule has 2 heterocycles. The van der Waals surface area contributed by atoms with Gasteiger partial charge >= 0.3 is 12.1 Å². The molecule has 0 saturated heterocycles. The highest BCUT2D eigenvalue weighted by Crippen LogP contribution is 2.35. The fourth-order valence-corrected chi connectivity index (χ4v) is 2.53. The van der Waals surface area contributed by atoms with Gasteiger partial charge in [0.05, 0.1) is 11.3 Å². The molecule has 0 unspecified atom stereocenters. The van der Waals surface area contributed by atoms with Crippen LogP contribution in [0.25, 0.3) is 16.9 Å². The summed E-state index contributed by atoms with van der Waals surface area (Å²) < 4.78 is 53.6. The number of halogens is 4. The first-order valence-corrected chi connectivity index (χ1v) is 7.52. The molecule has 0 bridgehead atoms. The normalized spacial score (nSPS) is 11.6. The van der Waals surface area contributed by atoms with Crippen molar-refractivity contribution in [3.05, 3.63) is 47.5 Å². The van der Waals surface area contributed by atoms with E-state index in [0.717, 1.165) is 23.0 Å². The van der Waals surface area contributed by atoms with E-state index in [-0.39, 0.29) is 16.9 Å². The quantitative estimate of drug-likeness (QED) is 0.580. The van der Waals surface area contributed by atoms with Gasteiger partial charge in [0.1, 0.15) is 30.0 Å². The first kappa shape index (κ1) is 19.1. The van der Waals surface area contributed by atoms with Crippen molar-refractivity contribution in [1.29, 1.82) is 0 Å². The highest BCUT2D eigenvalue weighted by atomic mass is 19.4. The molecule has 3 aromatic rings. The maximum Gasteiger partial charge on any atom is 0.416 e. The van der Waals surface area contributed by atoms with Crippen LogP contribution in [0.3, 0.4) is 0 Å². The van der Waals surface area contributed by atoms with Crippen LogP contribution >= 0.6 is 0 Å². The van der Waals surface area contributed by atoms with Crippen molar-refractivity contribution >= 4 is 17.5 Å². The molecule has 8 nitrogen and oxygen atoms in total. The third-order valence-corrected chi connectivity index (χ3v) is 3.68. The highest BCUT2D eigenvalue weighted by Gasteiger charge is 2.32. The first-order chi connectivity index (χ1) is 13.1. The topological polar surface area (TPSA) is 117 Å². The van der Waals surface area contributed by atoms with Gasteiger partial charge in [-0.15, -0.1) is 0 Å². The van der Waals surface area contributed by atoms with Crippen molar-refractivity contribution in [2.75, 3.05) is 6.54 Å². The number of fused-ring (bicyclic) bond motifs is 1. The minimum Gasteiger partial charge on any atom is -0.507 e. The number of hydrogen-bond acceptors (Lipinski definition) is 5. The lowest BCUT2D eigenvalue weighted by atomic mass is 10.0. The second kappa shape index (κ2) is 6.79. The zero-order valence-corrected chi connectivity index (χ0v) is 13.7. The third kappa shape index (κ3) is 3.56. The number of carbonyl (C=O) groups excluding carboxylic acids is 1.